The molecule has 1 fully saturated rings. The van der Waals surface area contributed by atoms with E-state index in [1.165, 1.54) is 27.6 Å². The third-order valence-corrected chi connectivity index (χ3v) is 5.65. The summed E-state index contributed by atoms with van der Waals surface area (Å²) in [4.78, 5) is 10.2. The molecule has 2 heterocycles. The number of rotatable bonds is 7. The monoisotopic (exact) mass is 405 g/mol. The van der Waals surface area contributed by atoms with E-state index in [1.807, 2.05) is 7.05 Å². The van der Waals surface area contributed by atoms with E-state index in [-0.39, 0.29) is 0 Å². The molecular formula is C24H31N5O. The largest absolute Gasteiger partial charge is 0.379 e. The van der Waals surface area contributed by atoms with Gasteiger partial charge in [-0.05, 0) is 29.2 Å². The number of para-hydroxylation sites is 1. The van der Waals surface area contributed by atoms with Crippen LogP contribution in [0.4, 0.5) is 0 Å². The fourth-order valence-electron chi connectivity index (χ4n) is 3.94. The summed E-state index contributed by atoms with van der Waals surface area (Å²) >= 11 is 0. The van der Waals surface area contributed by atoms with Crippen molar-refractivity contribution in [2.24, 2.45) is 4.99 Å². The number of morpholine rings is 1. The van der Waals surface area contributed by atoms with Crippen molar-refractivity contribution in [1.29, 1.82) is 0 Å². The van der Waals surface area contributed by atoms with E-state index in [0.717, 1.165) is 58.3 Å². The van der Waals surface area contributed by atoms with Crippen LogP contribution in [0.25, 0.3) is 10.9 Å². The molecule has 30 heavy (non-hydrogen) atoms. The summed E-state index contributed by atoms with van der Waals surface area (Å²) in [6.45, 7) is 6.20. The molecule has 4 rings (SSSR count). The molecule has 0 radical (unpaired) electrons. The van der Waals surface area contributed by atoms with Crippen LogP contribution in [0, 0.1) is 0 Å². The highest BCUT2D eigenvalue weighted by Gasteiger charge is 2.13. The van der Waals surface area contributed by atoms with Gasteiger partial charge in [-0.2, -0.15) is 0 Å². The molecule has 0 atom stereocenters. The smallest absolute Gasteiger partial charge is 0.191 e. The molecule has 0 saturated carbocycles. The molecule has 0 spiro atoms. The van der Waals surface area contributed by atoms with Crippen LogP contribution >= 0.6 is 0 Å². The number of nitrogens with zero attached hydrogens (tertiary/aromatic N) is 2. The van der Waals surface area contributed by atoms with Crippen molar-refractivity contribution < 1.29 is 4.74 Å². The van der Waals surface area contributed by atoms with E-state index in [4.69, 9.17) is 4.74 Å². The zero-order chi connectivity index (χ0) is 20.6. The Kier molecular flexibility index (Phi) is 7.00. The van der Waals surface area contributed by atoms with E-state index in [2.05, 4.69) is 80.2 Å². The van der Waals surface area contributed by atoms with Crippen molar-refractivity contribution >= 4 is 16.9 Å². The molecular weight excluding hydrogens is 374 g/mol. The van der Waals surface area contributed by atoms with Gasteiger partial charge in [0, 0.05) is 56.9 Å². The molecule has 0 bridgehead atoms. The van der Waals surface area contributed by atoms with Gasteiger partial charge in [0.25, 0.3) is 0 Å². The van der Waals surface area contributed by atoms with Crippen LogP contribution in [0.3, 0.4) is 0 Å². The molecule has 0 amide bonds. The van der Waals surface area contributed by atoms with Gasteiger partial charge >= 0.3 is 0 Å². The van der Waals surface area contributed by atoms with Gasteiger partial charge in [0.1, 0.15) is 0 Å². The van der Waals surface area contributed by atoms with E-state index >= 15 is 0 Å². The minimum atomic E-state index is 0.757. The summed E-state index contributed by atoms with van der Waals surface area (Å²) < 4.78 is 5.47. The van der Waals surface area contributed by atoms with Gasteiger partial charge in [-0.25, -0.2) is 0 Å². The average Bonchev–Trinajstić information content (AvgIpc) is 3.21. The van der Waals surface area contributed by atoms with E-state index in [1.54, 1.807) is 0 Å². The van der Waals surface area contributed by atoms with Gasteiger partial charge in [0.15, 0.2) is 5.96 Å². The Morgan fingerprint density at radius 1 is 1.00 bits per heavy atom. The Labute approximate surface area is 178 Å². The molecule has 1 aliphatic rings. The highest BCUT2D eigenvalue weighted by Crippen LogP contribution is 2.17. The van der Waals surface area contributed by atoms with Crippen LogP contribution in [-0.2, 0) is 24.2 Å². The Balaban J connectivity index is 1.29. The quantitative estimate of drug-likeness (QED) is 0.418. The number of nitrogens with one attached hydrogen (secondary N) is 3. The van der Waals surface area contributed by atoms with Gasteiger partial charge in [-0.1, -0.05) is 42.5 Å². The molecule has 1 aliphatic heterocycles. The van der Waals surface area contributed by atoms with Crippen LogP contribution in [0.2, 0.25) is 0 Å². The van der Waals surface area contributed by atoms with Crippen molar-refractivity contribution in [3.8, 4) is 0 Å². The zero-order valence-corrected chi connectivity index (χ0v) is 17.7. The number of aliphatic imine (C=N–C) groups is 1. The Morgan fingerprint density at radius 2 is 1.77 bits per heavy atom. The average molecular weight is 406 g/mol. The summed E-state index contributed by atoms with van der Waals surface area (Å²) in [6, 6.07) is 17.1. The Morgan fingerprint density at radius 3 is 2.60 bits per heavy atom. The van der Waals surface area contributed by atoms with Crippen molar-refractivity contribution in [3.63, 3.8) is 0 Å². The van der Waals surface area contributed by atoms with Crippen LogP contribution < -0.4 is 10.6 Å². The number of hydrogen-bond acceptors (Lipinski definition) is 3. The first-order chi connectivity index (χ1) is 14.8. The first-order valence-electron chi connectivity index (χ1n) is 10.7. The number of benzene rings is 2. The highest BCUT2D eigenvalue weighted by molar-refractivity contribution is 5.83. The molecule has 2 aromatic carbocycles. The van der Waals surface area contributed by atoms with E-state index in [0.29, 0.717) is 0 Å². The molecule has 0 unspecified atom stereocenters. The number of aromatic amines is 1. The highest BCUT2D eigenvalue weighted by atomic mass is 16.5. The normalized spacial score (nSPS) is 15.4. The molecule has 3 N–H and O–H groups in total. The van der Waals surface area contributed by atoms with Crippen molar-refractivity contribution in [3.05, 3.63) is 71.4 Å². The van der Waals surface area contributed by atoms with E-state index < -0.39 is 0 Å². The maximum Gasteiger partial charge on any atom is 0.191 e. The second-order valence-electron chi connectivity index (χ2n) is 7.62. The lowest BCUT2D eigenvalue weighted by atomic mass is 10.1. The zero-order valence-electron chi connectivity index (χ0n) is 17.7. The van der Waals surface area contributed by atoms with Gasteiger partial charge < -0.3 is 20.4 Å². The van der Waals surface area contributed by atoms with Crippen molar-refractivity contribution in [2.75, 3.05) is 39.9 Å². The SMILES string of the molecule is CN=C(NCCc1c[nH]c2ccccc12)NCc1ccccc1CN1CCOCC1. The first kappa shape index (κ1) is 20.4. The predicted molar refractivity (Wildman–Crippen MR) is 123 cm³/mol. The number of H-pyrrole nitrogens is 1. The Hall–Kier alpha value is -2.83. The summed E-state index contributed by atoms with van der Waals surface area (Å²) in [6.07, 6.45) is 3.04. The van der Waals surface area contributed by atoms with Crippen molar-refractivity contribution in [1.82, 2.24) is 20.5 Å². The minimum Gasteiger partial charge on any atom is -0.379 e. The van der Waals surface area contributed by atoms with Crippen LogP contribution in [0.15, 0.2) is 59.7 Å². The maximum absolute atomic E-state index is 5.47. The van der Waals surface area contributed by atoms with E-state index in [9.17, 15) is 0 Å². The second-order valence-corrected chi connectivity index (χ2v) is 7.62. The summed E-state index contributed by atoms with van der Waals surface area (Å²) in [5, 5.41) is 8.20. The number of guanidine groups is 1. The van der Waals surface area contributed by atoms with Crippen molar-refractivity contribution in [2.45, 2.75) is 19.5 Å². The Bertz CT molecular complexity index is 974. The lowest BCUT2D eigenvalue weighted by molar-refractivity contribution is 0.0341. The maximum atomic E-state index is 5.47. The third-order valence-electron chi connectivity index (χ3n) is 5.65. The first-order valence-corrected chi connectivity index (χ1v) is 10.7. The summed E-state index contributed by atoms with van der Waals surface area (Å²) in [5.74, 6) is 0.830. The van der Waals surface area contributed by atoms with Crippen LogP contribution in [0.5, 0.6) is 0 Å². The second kappa shape index (κ2) is 10.3. The van der Waals surface area contributed by atoms with Gasteiger partial charge in [-0.3, -0.25) is 9.89 Å². The lowest BCUT2D eigenvalue weighted by Gasteiger charge is -2.27. The van der Waals surface area contributed by atoms with Crippen LogP contribution in [-0.4, -0.2) is 55.7 Å². The molecule has 6 heteroatoms. The topological polar surface area (TPSA) is 64.7 Å². The molecule has 0 aliphatic carbocycles. The molecule has 1 aromatic heterocycles. The molecule has 158 valence electrons. The predicted octanol–water partition coefficient (Wildman–Crippen LogP) is 2.91. The standard InChI is InChI=1S/C24H31N5O/c1-25-24(26-11-10-20-17-27-23-9-5-4-8-22(20)23)28-16-19-6-2-3-7-21(19)18-29-12-14-30-15-13-29/h2-9,17,27H,10-16,18H2,1H3,(H2,25,26,28). The summed E-state index contributed by atoms with van der Waals surface area (Å²) in [5.41, 5.74) is 5.18. The van der Waals surface area contributed by atoms with Crippen LogP contribution in [0.1, 0.15) is 16.7 Å². The fourth-order valence-corrected chi connectivity index (χ4v) is 3.94. The number of fused-ring (bicyclic) bond motifs is 1. The molecule has 3 aromatic rings. The van der Waals surface area contributed by atoms with Gasteiger partial charge in [0.05, 0.1) is 13.2 Å². The minimum absolute atomic E-state index is 0.757. The lowest BCUT2D eigenvalue weighted by Crippen LogP contribution is -2.38. The fraction of sp³-hybridized carbons (Fsp3) is 0.375. The third kappa shape index (κ3) is 5.20. The number of aromatic nitrogens is 1. The molecule has 1 saturated heterocycles. The van der Waals surface area contributed by atoms with Gasteiger partial charge in [0.2, 0.25) is 0 Å². The summed E-state index contributed by atoms with van der Waals surface area (Å²) in [7, 11) is 1.82. The number of ether oxygens (including phenoxy) is 1. The number of hydrogen-bond donors (Lipinski definition) is 3. The van der Waals surface area contributed by atoms with Gasteiger partial charge in [-0.15, -0.1) is 0 Å². The molecule has 6 nitrogen and oxygen atoms in total.